The van der Waals surface area contributed by atoms with E-state index in [9.17, 15) is 0 Å². The maximum absolute atomic E-state index is 6.28. The molecular weight excluding hydrogens is 362 g/mol. The Balaban J connectivity index is 1.91. The van der Waals surface area contributed by atoms with Crippen molar-refractivity contribution in [2.45, 2.75) is 38.9 Å². The fraction of sp³-hybridized carbons (Fsp3) is 0.529. The van der Waals surface area contributed by atoms with Crippen LogP contribution < -0.4 is 20.2 Å². The van der Waals surface area contributed by atoms with Crippen LogP contribution in [-0.4, -0.2) is 43.8 Å². The summed E-state index contributed by atoms with van der Waals surface area (Å²) in [6.07, 6.45) is 4.00. The number of methoxy groups -OCH3 is 1. The van der Waals surface area contributed by atoms with Gasteiger partial charge in [-0.15, -0.1) is 0 Å². The monoisotopic (exact) mass is 385 g/mol. The zero-order valence-corrected chi connectivity index (χ0v) is 16.2. The van der Waals surface area contributed by atoms with E-state index in [-0.39, 0.29) is 12.2 Å². The fourth-order valence-corrected chi connectivity index (χ4v) is 2.78. The highest BCUT2D eigenvalue weighted by atomic mass is 35.5. The van der Waals surface area contributed by atoms with Crippen molar-refractivity contribution in [3.8, 4) is 11.5 Å². The van der Waals surface area contributed by atoms with Gasteiger partial charge in [-0.05, 0) is 56.6 Å². The van der Waals surface area contributed by atoms with Crippen LogP contribution in [0, 0.1) is 0 Å². The van der Waals surface area contributed by atoms with Crippen LogP contribution in [0.5, 0.6) is 11.5 Å². The van der Waals surface area contributed by atoms with E-state index in [1.54, 1.807) is 25.5 Å². The molecule has 1 aromatic carbocycles. The molecule has 1 saturated heterocycles. The van der Waals surface area contributed by atoms with E-state index in [1.807, 2.05) is 13.8 Å². The number of nitrogens with zero attached hydrogens (tertiary/aromatic N) is 1. The molecule has 1 aromatic rings. The Morgan fingerprint density at radius 1 is 1.52 bits per heavy atom. The third-order valence-corrected chi connectivity index (χ3v) is 4.02. The second kappa shape index (κ2) is 9.79. The highest BCUT2D eigenvalue weighted by Gasteiger charge is 2.15. The van der Waals surface area contributed by atoms with E-state index in [4.69, 9.17) is 38.0 Å². The van der Waals surface area contributed by atoms with Gasteiger partial charge in [-0.3, -0.25) is 5.43 Å². The number of hydrazone groups is 1. The van der Waals surface area contributed by atoms with Crippen LogP contribution in [0.3, 0.4) is 0 Å². The number of hydrogen-bond donors (Lipinski definition) is 2. The molecule has 0 spiro atoms. The minimum atomic E-state index is -0.000112. The maximum Gasteiger partial charge on any atom is 0.187 e. The second-order valence-electron chi connectivity index (χ2n) is 5.92. The van der Waals surface area contributed by atoms with Crippen molar-refractivity contribution < 1.29 is 14.2 Å². The lowest BCUT2D eigenvalue weighted by Crippen LogP contribution is -2.37. The van der Waals surface area contributed by atoms with Gasteiger partial charge in [0.1, 0.15) is 0 Å². The quantitative estimate of drug-likeness (QED) is 0.427. The van der Waals surface area contributed by atoms with E-state index in [1.165, 1.54) is 0 Å². The van der Waals surface area contributed by atoms with Gasteiger partial charge in [0.2, 0.25) is 0 Å². The number of rotatable bonds is 7. The molecule has 0 saturated carbocycles. The molecule has 25 heavy (non-hydrogen) atoms. The highest BCUT2D eigenvalue weighted by Crippen LogP contribution is 2.36. The van der Waals surface area contributed by atoms with Crippen molar-refractivity contribution in [1.82, 2.24) is 10.7 Å². The predicted molar refractivity (Wildman–Crippen MR) is 104 cm³/mol. The van der Waals surface area contributed by atoms with Gasteiger partial charge in [0.05, 0.1) is 30.6 Å². The van der Waals surface area contributed by atoms with Crippen LogP contribution in [0.2, 0.25) is 5.02 Å². The summed E-state index contributed by atoms with van der Waals surface area (Å²) in [7, 11) is 1.57. The second-order valence-corrected chi connectivity index (χ2v) is 6.73. The Hall–Kier alpha value is -1.57. The average molecular weight is 386 g/mol. The number of halogens is 1. The first-order valence-electron chi connectivity index (χ1n) is 8.22. The van der Waals surface area contributed by atoms with Gasteiger partial charge in [0, 0.05) is 13.2 Å². The summed E-state index contributed by atoms with van der Waals surface area (Å²) in [6.45, 7) is 5.37. The molecule has 1 aliphatic rings. The van der Waals surface area contributed by atoms with Crippen molar-refractivity contribution in [2.24, 2.45) is 5.10 Å². The molecule has 1 aliphatic heterocycles. The topological polar surface area (TPSA) is 64.1 Å². The van der Waals surface area contributed by atoms with Gasteiger partial charge in [-0.2, -0.15) is 5.10 Å². The van der Waals surface area contributed by atoms with Crippen molar-refractivity contribution in [1.29, 1.82) is 0 Å². The summed E-state index contributed by atoms with van der Waals surface area (Å²) in [5, 5.41) is 8.12. The van der Waals surface area contributed by atoms with Gasteiger partial charge in [0.25, 0.3) is 0 Å². The summed E-state index contributed by atoms with van der Waals surface area (Å²) in [5.74, 6) is 1.08. The van der Waals surface area contributed by atoms with Gasteiger partial charge in [-0.1, -0.05) is 11.6 Å². The normalized spacial score (nSPS) is 17.1. The van der Waals surface area contributed by atoms with Crippen molar-refractivity contribution >= 4 is 35.1 Å². The van der Waals surface area contributed by atoms with Crippen molar-refractivity contribution in [2.75, 3.05) is 20.3 Å². The Kier molecular flexibility index (Phi) is 7.74. The van der Waals surface area contributed by atoms with E-state index >= 15 is 0 Å². The van der Waals surface area contributed by atoms with Crippen LogP contribution in [0.4, 0.5) is 0 Å². The first-order valence-corrected chi connectivity index (χ1v) is 9.01. The molecule has 1 fully saturated rings. The molecule has 8 heteroatoms. The fourth-order valence-electron chi connectivity index (χ4n) is 2.38. The highest BCUT2D eigenvalue weighted by molar-refractivity contribution is 7.80. The zero-order chi connectivity index (χ0) is 18.2. The molecule has 0 aromatic heterocycles. The maximum atomic E-state index is 6.28. The van der Waals surface area contributed by atoms with Gasteiger partial charge >= 0.3 is 0 Å². The van der Waals surface area contributed by atoms with Crippen LogP contribution in [0.1, 0.15) is 32.3 Å². The molecule has 2 rings (SSSR count). The van der Waals surface area contributed by atoms with Crippen LogP contribution >= 0.6 is 23.8 Å². The number of hydrogen-bond acceptors (Lipinski definition) is 5. The largest absolute Gasteiger partial charge is 0.493 e. The van der Waals surface area contributed by atoms with E-state index < -0.39 is 0 Å². The van der Waals surface area contributed by atoms with Gasteiger partial charge < -0.3 is 19.5 Å². The lowest BCUT2D eigenvalue weighted by Gasteiger charge is -2.15. The number of ether oxygens (including phenoxy) is 3. The minimum Gasteiger partial charge on any atom is -0.493 e. The van der Waals surface area contributed by atoms with Gasteiger partial charge in [-0.25, -0.2) is 0 Å². The lowest BCUT2D eigenvalue weighted by molar-refractivity contribution is 0.114. The van der Waals surface area contributed by atoms with Gasteiger partial charge in [0.15, 0.2) is 16.6 Å². The van der Waals surface area contributed by atoms with E-state index in [0.717, 1.165) is 25.0 Å². The molecule has 0 bridgehead atoms. The summed E-state index contributed by atoms with van der Waals surface area (Å²) in [4.78, 5) is 0. The minimum absolute atomic E-state index is 0.000112. The first-order chi connectivity index (χ1) is 12.0. The molecule has 138 valence electrons. The Labute approximate surface area is 158 Å². The summed E-state index contributed by atoms with van der Waals surface area (Å²) in [5.41, 5.74) is 3.55. The number of benzene rings is 1. The molecule has 1 heterocycles. The predicted octanol–water partition coefficient (Wildman–Crippen LogP) is 3.11. The molecule has 0 unspecified atom stereocenters. The molecule has 0 radical (unpaired) electrons. The van der Waals surface area contributed by atoms with Crippen LogP contribution in [-0.2, 0) is 4.74 Å². The van der Waals surface area contributed by atoms with E-state index in [2.05, 4.69) is 15.8 Å². The number of nitrogens with one attached hydrogen (secondary N) is 2. The van der Waals surface area contributed by atoms with Crippen molar-refractivity contribution in [3.63, 3.8) is 0 Å². The zero-order valence-electron chi connectivity index (χ0n) is 14.7. The third-order valence-electron chi connectivity index (χ3n) is 3.50. The Bertz CT molecular complexity index is 619. The molecular formula is C17H24ClN3O3S. The first kappa shape index (κ1) is 19.8. The lowest BCUT2D eigenvalue weighted by atomic mass is 10.2. The molecule has 0 amide bonds. The van der Waals surface area contributed by atoms with E-state index in [0.29, 0.717) is 28.2 Å². The van der Waals surface area contributed by atoms with Crippen LogP contribution in [0.25, 0.3) is 0 Å². The summed E-state index contributed by atoms with van der Waals surface area (Å²) >= 11 is 11.5. The Morgan fingerprint density at radius 2 is 2.32 bits per heavy atom. The summed E-state index contributed by atoms with van der Waals surface area (Å²) < 4.78 is 16.6. The third kappa shape index (κ3) is 6.34. The molecule has 0 aliphatic carbocycles. The van der Waals surface area contributed by atoms with Crippen LogP contribution in [0.15, 0.2) is 17.2 Å². The smallest absolute Gasteiger partial charge is 0.187 e. The molecule has 6 nitrogen and oxygen atoms in total. The average Bonchev–Trinajstić information content (AvgIpc) is 3.08. The number of thiocarbonyl (C=S) groups is 1. The van der Waals surface area contributed by atoms with Crippen molar-refractivity contribution in [3.05, 3.63) is 22.7 Å². The summed E-state index contributed by atoms with van der Waals surface area (Å²) in [6, 6.07) is 3.56. The Morgan fingerprint density at radius 3 is 2.96 bits per heavy atom. The SMILES string of the molecule is COc1cc(/C=N\NC(=S)NC[C@H]2CCCO2)cc(Cl)c1OC(C)C. The molecule has 1 atom stereocenters. The standard InChI is InChI=1S/C17H24ClN3O3S/c1-11(2)24-16-14(18)7-12(8-15(16)22-3)9-20-21-17(25)19-10-13-5-4-6-23-13/h7-9,11,13H,4-6,10H2,1-3H3,(H2,19,21,25)/b20-9-/t13-/m1/s1. The molecule has 2 N–H and O–H groups in total.